The van der Waals surface area contributed by atoms with E-state index in [9.17, 15) is 4.79 Å². The maximum atomic E-state index is 11.4. The van der Waals surface area contributed by atoms with Crippen LogP contribution >= 0.6 is 0 Å². The predicted molar refractivity (Wildman–Crippen MR) is 95.0 cm³/mol. The lowest BCUT2D eigenvalue weighted by Gasteiger charge is -2.13. The summed E-state index contributed by atoms with van der Waals surface area (Å²) in [5, 5.41) is 0. The Morgan fingerprint density at radius 1 is 1.04 bits per heavy atom. The minimum Gasteiger partial charge on any atom is -0.496 e. The third kappa shape index (κ3) is 4.01. The van der Waals surface area contributed by atoms with Crippen molar-refractivity contribution in [1.82, 2.24) is 0 Å². The highest BCUT2D eigenvalue weighted by molar-refractivity contribution is 5.64. The Hall–Kier alpha value is -2.55. The summed E-state index contributed by atoms with van der Waals surface area (Å²) in [5.41, 5.74) is 4.13. The van der Waals surface area contributed by atoms with Crippen LogP contribution in [0.4, 0.5) is 0 Å². The van der Waals surface area contributed by atoms with Crippen molar-refractivity contribution in [3.8, 4) is 5.75 Å². The van der Waals surface area contributed by atoms with Gasteiger partial charge < -0.3 is 9.15 Å². The molecule has 3 heteroatoms. The smallest absolute Gasteiger partial charge is 0.336 e. The number of methoxy groups -OCH3 is 1. The lowest BCUT2D eigenvalue weighted by Crippen LogP contribution is -1.97. The summed E-state index contributed by atoms with van der Waals surface area (Å²) < 4.78 is 32.0. The van der Waals surface area contributed by atoms with Crippen molar-refractivity contribution in [3.63, 3.8) is 0 Å². The van der Waals surface area contributed by atoms with Gasteiger partial charge in [0.15, 0.2) is 0 Å². The lowest BCUT2D eigenvalue weighted by molar-refractivity contribution is 0.411. The van der Waals surface area contributed by atoms with E-state index >= 15 is 0 Å². The number of hydrogen-bond donors (Lipinski definition) is 0. The van der Waals surface area contributed by atoms with Crippen molar-refractivity contribution in [2.24, 2.45) is 0 Å². The molecule has 0 saturated heterocycles. The van der Waals surface area contributed by atoms with E-state index in [1.165, 1.54) is 6.07 Å². The molecule has 3 nitrogen and oxygen atoms in total. The molecule has 0 aliphatic heterocycles. The molecule has 0 unspecified atom stereocenters. The van der Waals surface area contributed by atoms with Crippen molar-refractivity contribution in [2.45, 2.75) is 27.7 Å². The van der Waals surface area contributed by atoms with Crippen LogP contribution in [-0.2, 0) is 0 Å². The Bertz CT molecular complexity index is 919. The molecular weight excluding hydrogens is 288 g/mol. The van der Waals surface area contributed by atoms with Gasteiger partial charge in [0.1, 0.15) is 11.5 Å². The van der Waals surface area contributed by atoms with Crippen molar-refractivity contribution >= 4 is 12.2 Å². The summed E-state index contributed by atoms with van der Waals surface area (Å²) in [6, 6.07) is 4.95. The molecule has 0 aliphatic carbocycles. The second-order valence-electron chi connectivity index (χ2n) is 5.53. The van der Waals surface area contributed by atoms with Crippen molar-refractivity contribution in [3.05, 3.63) is 74.3 Å². The summed E-state index contributed by atoms with van der Waals surface area (Å²) >= 11 is 0. The zero-order chi connectivity index (χ0) is 19.5. The van der Waals surface area contributed by atoms with Gasteiger partial charge >= 0.3 is 5.63 Å². The van der Waals surface area contributed by atoms with Gasteiger partial charge in [0.05, 0.1) is 11.2 Å². The van der Waals surface area contributed by atoms with E-state index in [-0.39, 0.29) is 5.63 Å². The molecule has 2 rings (SSSR count). The fourth-order valence-electron chi connectivity index (χ4n) is 2.44. The summed E-state index contributed by atoms with van der Waals surface area (Å²) in [5.74, 6) is 0.861. The maximum absolute atomic E-state index is 11.4. The molecule has 0 bridgehead atoms. The zero-order valence-corrected chi connectivity index (χ0v) is 13.8. The number of benzene rings is 1. The molecule has 0 fully saturated rings. The zero-order valence-electron chi connectivity index (χ0n) is 16.8. The first-order chi connectivity index (χ1) is 12.1. The summed E-state index contributed by atoms with van der Waals surface area (Å²) in [6.07, 6.45) is 7.29. The van der Waals surface area contributed by atoms with Gasteiger partial charge in [-0.3, -0.25) is 0 Å². The highest BCUT2D eigenvalue weighted by atomic mass is 16.5. The van der Waals surface area contributed by atoms with E-state index in [1.807, 2.05) is 39.8 Å². The predicted octanol–water partition coefficient (Wildman–Crippen LogP) is 4.61. The topological polar surface area (TPSA) is 39.4 Å². The first kappa shape index (κ1) is 12.9. The monoisotopic (exact) mass is 313 g/mol. The normalized spacial score (nSPS) is 14.0. The fraction of sp³-hybridized carbons (Fsp3) is 0.250. The minimum atomic E-state index is -2.47. The molecule has 1 aromatic heterocycles. The molecule has 0 saturated carbocycles. The van der Waals surface area contributed by atoms with E-state index in [0.29, 0.717) is 11.5 Å². The van der Waals surface area contributed by atoms with Gasteiger partial charge in [0, 0.05) is 6.07 Å². The van der Waals surface area contributed by atoms with Crippen LogP contribution in [-0.4, -0.2) is 7.04 Å². The summed E-state index contributed by atoms with van der Waals surface area (Å²) in [6.45, 7) is 7.51. The van der Waals surface area contributed by atoms with E-state index in [4.69, 9.17) is 13.3 Å². The standard InChI is InChI=1S/C20H22O3/c1-13-10-17(23-20(21)11-13)8-6-7-9-18-14(2)12-19(22-5)16(4)15(18)3/h6-12H,1-5H3/i5D3. The maximum Gasteiger partial charge on any atom is 0.336 e. The third-order valence-electron chi connectivity index (χ3n) is 3.79. The van der Waals surface area contributed by atoms with Crippen LogP contribution in [0.3, 0.4) is 0 Å². The molecule has 0 atom stereocenters. The highest BCUT2D eigenvalue weighted by Crippen LogP contribution is 2.28. The highest BCUT2D eigenvalue weighted by Gasteiger charge is 2.08. The second-order valence-corrected chi connectivity index (χ2v) is 5.53. The van der Waals surface area contributed by atoms with Crippen LogP contribution in [0.1, 0.15) is 37.7 Å². The molecule has 2 aromatic rings. The van der Waals surface area contributed by atoms with Crippen molar-refractivity contribution < 1.29 is 13.3 Å². The molecule has 23 heavy (non-hydrogen) atoms. The van der Waals surface area contributed by atoms with E-state index in [0.717, 1.165) is 27.8 Å². The molecule has 0 spiro atoms. The number of allylic oxidation sites excluding steroid dienone is 2. The van der Waals surface area contributed by atoms with Gasteiger partial charge in [-0.05, 0) is 73.7 Å². The largest absolute Gasteiger partial charge is 0.496 e. The molecule has 0 aliphatic rings. The van der Waals surface area contributed by atoms with Crippen molar-refractivity contribution in [1.29, 1.82) is 0 Å². The van der Waals surface area contributed by atoms with Crippen LogP contribution in [0.25, 0.3) is 12.2 Å². The minimum absolute atomic E-state index is 0.370. The summed E-state index contributed by atoms with van der Waals surface area (Å²) in [4.78, 5) is 11.4. The molecule has 0 amide bonds. The van der Waals surface area contributed by atoms with Crippen LogP contribution in [0.5, 0.6) is 5.75 Å². The number of hydrogen-bond acceptors (Lipinski definition) is 3. The first-order valence-electron chi connectivity index (χ1n) is 8.83. The Kier molecular flexibility index (Phi) is 4.02. The van der Waals surface area contributed by atoms with Crippen LogP contribution in [0, 0.1) is 27.7 Å². The van der Waals surface area contributed by atoms with E-state index in [1.54, 1.807) is 24.3 Å². The average Bonchev–Trinajstić information content (AvgIpc) is 2.49. The van der Waals surface area contributed by atoms with Gasteiger partial charge in [-0.25, -0.2) is 4.79 Å². The molecule has 120 valence electrons. The van der Waals surface area contributed by atoms with Gasteiger partial charge in [0.25, 0.3) is 0 Å². The van der Waals surface area contributed by atoms with Crippen LogP contribution in [0.2, 0.25) is 0 Å². The van der Waals surface area contributed by atoms with E-state index in [2.05, 4.69) is 0 Å². The molecule has 1 heterocycles. The lowest BCUT2D eigenvalue weighted by atomic mass is 9.97. The fourth-order valence-corrected chi connectivity index (χ4v) is 2.44. The van der Waals surface area contributed by atoms with Crippen molar-refractivity contribution in [2.75, 3.05) is 7.04 Å². The Morgan fingerprint density at radius 3 is 2.48 bits per heavy atom. The second kappa shape index (κ2) is 7.14. The van der Waals surface area contributed by atoms with Crippen LogP contribution < -0.4 is 10.4 Å². The first-order valence-corrected chi connectivity index (χ1v) is 7.33. The van der Waals surface area contributed by atoms with Gasteiger partial charge in [-0.2, -0.15) is 0 Å². The summed E-state index contributed by atoms with van der Waals surface area (Å²) in [7, 11) is -2.47. The Morgan fingerprint density at radius 2 is 1.78 bits per heavy atom. The quantitative estimate of drug-likeness (QED) is 0.774. The third-order valence-corrected chi connectivity index (χ3v) is 3.79. The van der Waals surface area contributed by atoms with Crippen LogP contribution in [0.15, 0.2) is 39.6 Å². The number of ether oxygens (including phenoxy) is 1. The SMILES string of the molecule is [2H]C([2H])([2H])Oc1cc(C)c(C=CC=Cc2cc(C)cc(=O)o2)c(C)c1C. The number of aryl methyl sites for hydroxylation is 2. The van der Waals surface area contributed by atoms with Gasteiger partial charge in [0.2, 0.25) is 0 Å². The number of rotatable bonds is 4. The molecule has 0 N–H and O–H groups in total. The molecule has 0 radical (unpaired) electrons. The Balaban J connectivity index is 2.26. The average molecular weight is 313 g/mol. The van der Waals surface area contributed by atoms with E-state index < -0.39 is 7.04 Å². The Labute approximate surface area is 141 Å². The molecular formula is C20H22O3. The van der Waals surface area contributed by atoms with Gasteiger partial charge in [-0.15, -0.1) is 0 Å². The van der Waals surface area contributed by atoms with Gasteiger partial charge in [-0.1, -0.05) is 18.2 Å². The molecule has 1 aromatic carbocycles.